The first kappa shape index (κ1) is 14.9. The summed E-state index contributed by atoms with van der Waals surface area (Å²) in [7, 11) is -3.80. The molecule has 0 heterocycles. The van der Waals surface area contributed by atoms with Crippen LogP contribution < -0.4 is 5.73 Å². The summed E-state index contributed by atoms with van der Waals surface area (Å²) in [6, 6.07) is 2.35. The van der Waals surface area contributed by atoms with E-state index < -0.39 is 15.8 Å². The Kier molecular flexibility index (Phi) is 4.70. The van der Waals surface area contributed by atoms with E-state index in [0.29, 0.717) is 25.1 Å². The van der Waals surface area contributed by atoms with Crippen LogP contribution in [0.25, 0.3) is 0 Å². The molecule has 0 aromatic heterocycles. The summed E-state index contributed by atoms with van der Waals surface area (Å²) in [4.78, 5) is -0.346. The Morgan fingerprint density at radius 3 is 2.44 bits per heavy atom. The minimum atomic E-state index is -3.80. The summed E-state index contributed by atoms with van der Waals surface area (Å²) in [5, 5.41) is 0. The van der Waals surface area contributed by atoms with Gasteiger partial charge in [0.2, 0.25) is 10.0 Å². The maximum absolute atomic E-state index is 13.8. The van der Waals surface area contributed by atoms with Crippen molar-refractivity contribution in [2.75, 3.05) is 18.8 Å². The number of benzene rings is 1. The maximum Gasteiger partial charge on any atom is 0.246 e. The molecule has 4 nitrogen and oxygen atoms in total. The van der Waals surface area contributed by atoms with E-state index in [0.717, 1.165) is 6.07 Å². The zero-order chi connectivity index (χ0) is 13.9. The molecule has 0 unspecified atom stereocenters. The van der Waals surface area contributed by atoms with Gasteiger partial charge in [-0.15, -0.1) is 0 Å². The third kappa shape index (κ3) is 2.81. The fraction of sp³-hybridized carbons (Fsp3) is 0.500. The van der Waals surface area contributed by atoms with Crippen LogP contribution in [0.5, 0.6) is 0 Å². The molecular formula is C12H19FN2O2S. The highest BCUT2D eigenvalue weighted by atomic mass is 32.2. The van der Waals surface area contributed by atoms with Gasteiger partial charge in [0.05, 0.1) is 0 Å². The topological polar surface area (TPSA) is 63.4 Å². The van der Waals surface area contributed by atoms with Gasteiger partial charge >= 0.3 is 0 Å². The molecule has 102 valence electrons. The van der Waals surface area contributed by atoms with E-state index in [1.807, 2.05) is 6.92 Å². The smallest absolute Gasteiger partial charge is 0.246 e. The lowest BCUT2D eigenvalue weighted by atomic mass is 10.2. The van der Waals surface area contributed by atoms with Gasteiger partial charge in [-0.2, -0.15) is 4.31 Å². The molecule has 0 atom stereocenters. The fourth-order valence-electron chi connectivity index (χ4n) is 1.70. The monoisotopic (exact) mass is 274 g/mol. The molecule has 0 saturated heterocycles. The first-order valence-electron chi connectivity index (χ1n) is 5.90. The number of rotatable bonds is 5. The Hall–Kier alpha value is -1.14. The van der Waals surface area contributed by atoms with Gasteiger partial charge in [0.1, 0.15) is 10.7 Å². The van der Waals surface area contributed by atoms with Crippen LogP contribution in [0.4, 0.5) is 10.1 Å². The molecule has 0 amide bonds. The predicted octanol–water partition coefficient (Wildman–Crippen LogP) is 2.14. The molecule has 1 aromatic carbocycles. The molecule has 2 N–H and O–H groups in total. The zero-order valence-corrected chi connectivity index (χ0v) is 11.7. The minimum Gasteiger partial charge on any atom is -0.398 e. The van der Waals surface area contributed by atoms with Crippen LogP contribution in [0.15, 0.2) is 17.0 Å². The number of nitrogens with zero attached hydrogens (tertiary/aromatic N) is 1. The zero-order valence-electron chi connectivity index (χ0n) is 10.9. The van der Waals surface area contributed by atoms with Crippen LogP contribution in [-0.2, 0) is 10.0 Å². The van der Waals surface area contributed by atoms with Gasteiger partial charge in [-0.3, -0.25) is 0 Å². The van der Waals surface area contributed by atoms with Crippen LogP contribution in [-0.4, -0.2) is 25.8 Å². The quantitative estimate of drug-likeness (QED) is 0.837. The van der Waals surface area contributed by atoms with E-state index in [9.17, 15) is 12.8 Å². The van der Waals surface area contributed by atoms with Crippen LogP contribution in [0, 0.1) is 12.7 Å². The largest absolute Gasteiger partial charge is 0.398 e. The first-order valence-corrected chi connectivity index (χ1v) is 7.34. The Balaban J connectivity index is 3.32. The number of hydrogen-bond donors (Lipinski definition) is 1. The third-order valence-electron chi connectivity index (χ3n) is 2.76. The van der Waals surface area contributed by atoms with Gasteiger partial charge in [0.25, 0.3) is 0 Å². The van der Waals surface area contributed by atoms with Crippen molar-refractivity contribution >= 4 is 15.7 Å². The molecular weight excluding hydrogens is 255 g/mol. The molecule has 1 aromatic rings. The van der Waals surface area contributed by atoms with Gasteiger partial charge in [0.15, 0.2) is 0 Å². The lowest BCUT2D eigenvalue weighted by Gasteiger charge is -2.20. The summed E-state index contributed by atoms with van der Waals surface area (Å²) < 4.78 is 39.6. The fourth-order valence-corrected chi connectivity index (χ4v) is 3.33. The van der Waals surface area contributed by atoms with Crippen molar-refractivity contribution in [1.82, 2.24) is 4.31 Å². The summed E-state index contributed by atoms with van der Waals surface area (Å²) in [6.45, 7) is 5.91. The molecule has 18 heavy (non-hydrogen) atoms. The minimum absolute atomic E-state index is 0.280. The van der Waals surface area contributed by atoms with Crippen molar-refractivity contribution in [3.63, 3.8) is 0 Å². The first-order chi connectivity index (χ1) is 8.34. The molecule has 0 bridgehead atoms. The molecule has 0 aliphatic heterocycles. The summed E-state index contributed by atoms with van der Waals surface area (Å²) >= 11 is 0. The maximum atomic E-state index is 13.8. The average molecular weight is 274 g/mol. The van der Waals surface area contributed by atoms with Crippen LogP contribution in [0.2, 0.25) is 0 Å². The van der Waals surface area contributed by atoms with E-state index in [-0.39, 0.29) is 10.6 Å². The summed E-state index contributed by atoms with van der Waals surface area (Å²) in [6.07, 6.45) is 0.677. The Morgan fingerprint density at radius 1 is 1.33 bits per heavy atom. The van der Waals surface area contributed by atoms with E-state index >= 15 is 0 Å². The molecule has 0 aliphatic rings. The van der Waals surface area contributed by atoms with Crippen LogP contribution in [0.1, 0.15) is 25.8 Å². The number of hydrogen-bond acceptors (Lipinski definition) is 3. The lowest BCUT2D eigenvalue weighted by molar-refractivity contribution is 0.423. The molecule has 0 fully saturated rings. The highest BCUT2D eigenvalue weighted by molar-refractivity contribution is 7.89. The number of nitrogens with two attached hydrogens (primary N) is 1. The molecule has 0 radical (unpaired) electrons. The van der Waals surface area contributed by atoms with Gasteiger partial charge < -0.3 is 5.73 Å². The second-order valence-electron chi connectivity index (χ2n) is 4.14. The number of halogens is 1. The second kappa shape index (κ2) is 5.67. The Morgan fingerprint density at radius 2 is 1.94 bits per heavy atom. The molecule has 0 saturated carbocycles. The Bertz CT molecular complexity index is 529. The molecule has 0 aliphatic carbocycles. The third-order valence-corrected chi connectivity index (χ3v) is 4.75. The van der Waals surface area contributed by atoms with Gasteiger partial charge in [-0.1, -0.05) is 13.8 Å². The van der Waals surface area contributed by atoms with Gasteiger partial charge in [-0.25, -0.2) is 12.8 Å². The molecule has 1 rings (SSSR count). The second-order valence-corrected chi connectivity index (χ2v) is 6.04. The van der Waals surface area contributed by atoms with Crippen molar-refractivity contribution < 1.29 is 12.8 Å². The van der Waals surface area contributed by atoms with Crippen molar-refractivity contribution in [2.45, 2.75) is 32.1 Å². The van der Waals surface area contributed by atoms with E-state index in [1.54, 1.807) is 13.8 Å². The highest BCUT2D eigenvalue weighted by Gasteiger charge is 2.26. The molecule has 0 spiro atoms. The standard InChI is InChI=1S/C12H19FN2O2S/c1-4-6-15(5-2)18(16,17)12-8-11(14)9(3)7-10(12)13/h7-8H,4-6,14H2,1-3H3. The normalized spacial score (nSPS) is 12.1. The SMILES string of the molecule is CCCN(CC)S(=O)(=O)c1cc(N)c(C)cc1F. The van der Waals surface area contributed by atoms with Crippen LogP contribution in [0.3, 0.4) is 0 Å². The van der Waals surface area contributed by atoms with Gasteiger partial charge in [-0.05, 0) is 31.0 Å². The molecule has 6 heteroatoms. The summed E-state index contributed by atoms with van der Waals surface area (Å²) in [5.41, 5.74) is 6.46. The van der Waals surface area contributed by atoms with Gasteiger partial charge in [0, 0.05) is 18.8 Å². The van der Waals surface area contributed by atoms with E-state index in [2.05, 4.69) is 0 Å². The van der Waals surface area contributed by atoms with Crippen molar-refractivity contribution in [3.05, 3.63) is 23.5 Å². The van der Waals surface area contributed by atoms with E-state index in [4.69, 9.17) is 5.73 Å². The average Bonchev–Trinajstić information content (AvgIpc) is 2.30. The number of aryl methyl sites for hydroxylation is 1. The predicted molar refractivity (Wildman–Crippen MR) is 70.3 cm³/mol. The highest BCUT2D eigenvalue weighted by Crippen LogP contribution is 2.24. The Labute approximate surface area is 108 Å². The van der Waals surface area contributed by atoms with E-state index in [1.165, 1.54) is 10.4 Å². The van der Waals surface area contributed by atoms with Crippen molar-refractivity contribution in [2.24, 2.45) is 0 Å². The van der Waals surface area contributed by atoms with Crippen molar-refractivity contribution in [1.29, 1.82) is 0 Å². The summed E-state index contributed by atoms with van der Waals surface area (Å²) in [5.74, 6) is -0.753. The number of nitrogen functional groups attached to an aromatic ring is 1. The van der Waals surface area contributed by atoms with Crippen LogP contribution >= 0.6 is 0 Å². The lowest BCUT2D eigenvalue weighted by Crippen LogP contribution is -2.32. The number of anilines is 1. The number of sulfonamides is 1. The van der Waals surface area contributed by atoms with Crippen molar-refractivity contribution in [3.8, 4) is 0 Å².